The van der Waals surface area contributed by atoms with Crippen LogP contribution in [0.5, 0.6) is 0 Å². The van der Waals surface area contributed by atoms with Crippen molar-refractivity contribution in [1.82, 2.24) is 5.32 Å². The molecule has 1 atom stereocenters. The maximum Gasteiger partial charge on any atom is 0.407 e. The van der Waals surface area contributed by atoms with E-state index in [4.69, 9.17) is 4.74 Å². The number of nitrogens with one attached hydrogen (secondary N) is 1. The first kappa shape index (κ1) is 20.0. The summed E-state index contributed by atoms with van der Waals surface area (Å²) < 4.78 is 30.7. The molecule has 0 saturated heterocycles. The van der Waals surface area contributed by atoms with Gasteiger partial charge in [0.05, 0.1) is 16.7 Å². The van der Waals surface area contributed by atoms with Crippen molar-refractivity contribution in [1.29, 1.82) is 0 Å². The number of carbonyl (C=O) groups is 1. The Kier molecular flexibility index (Phi) is 6.42. The van der Waals surface area contributed by atoms with Crippen LogP contribution in [0, 0.1) is 0 Å². The van der Waals surface area contributed by atoms with E-state index in [1.165, 1.54) is 0 Å². The highest BCUT2D eigenvalue weighted by Crippen LogP contribution is 2.14. The van der Waals surface area contributed by atoms with E-state index in [1.807, 2.05) is 30.3 Å². The molecule has 5 nitrogen and oxygen atoms in total. The standard InChI is InChI=1S/C20H25NO4S/c1-20(2,3)25-19(22)21-17(14-16-10-6-4-7-11-16)15-26(23,24)18-12-8-5-9-13-18/h4-13,17H,14-15H2,1-3H3,(H,21,22)/t17-/m0/s1. The third-order valence-corrected chi connectivity index (χ3v) is 5.40. The van der Waals surface area contributed by atoms with Crippen molar-refractivity contribution < 1.29 is 17.9 Å². The number of alkyl carbamates (subject to hydrolysis) is 1. The second kappa shape index (κ2) is 8.36. The first-order valence-corrected chi connectivity index (χ1v) is 10.1. The zero-order valence-electron chi connectivity index (χ0n) is 15.3. The predicted octanol–water partition coefficient (Wildman–Crippen LogP) is 3.60. The molecular formula is C20H25NO4S. The molecule has 1 amide bonds. The minimum absolute atomic E-state index is 0.203. The minimum atomic E-state index is -3.54. The molecule has 26 heavy (non-hydrogen) atoms. The molecular weight excluding hydrogens is 350 g/mol. The van der Waals surface area contributed by atoms with Crippen molar-refractivity contribution in [2.75, 3.05) is 5.75 Å². The molecule has 0 radical (unpaired) electrons. The summed E-state index contributed by atoms with van der Waals surface area (Å²) in [5.41, 5.74) is 0.288. The number of hydrogen-bond acceptors (Lipinski definition) is 4. The molecule has 0 fully saturated rings. The van der Waals surface area contributed by atoms with E-state index in [2.05, 4.69) is 5.32 Å². The van der Waals surface area contributed by atoms with Gasteiger partial charge in [-0.1, -0.05) is 48.5 Å². The number of hydrogen-bond donors (Lipinski definition) is 1. The number of rotatable bonds is 6. The van der Waals surface area contributed by atoms with Gasteiger partial charge in [0.25, 0.3) is 0 Å². The van der Waals surface area contributed by atoms with E-state index < -0.39 is 27.6 Å². The second-order valence-corrected chi connectivity index (χ2v) is 9.16. The number of sulfone groups is 1. The van der Waals surface area contributed by atoms with E-state index >= 15 is 0 Å². The van der Waals surface area contributed by atoms with Gasteiger partial charge in [-0.25, -0.2) is 13.2 Å². The molecule has 0 bridgehead atoms. The number of ether oxygens (including phenoxy) is 1. The zero-order valence-corrected chi connectivity index (χ0v) is 16.1. The Labute approximate surface area is 155 Å². The van der Waals surface area contributed by atoms with Crippen molar-refractivity contribution in [3.63, 3.8) is 0 Å². The van der Waals surface area contributed by atoms with Crippen LogP contribution in [-0.2, 0) is 21.0 Å². The molecule has 0 unspecified atom stereocenters. The Morgan fingerprint density at radius 3 is 2.08 bits per heavy atom. The van der Waals surface area contributed by atoms with Crippen molar-refractivity contribution in [2.24, 2.45) is 0 Å². The molecule has 2 aromatic carbocycles. The number of carbonyl (C=O) groups excluding carboxylic acids is 1. The second-order valence-electron chi connectivity index (χ2n) is 7.13. The average Bonchev–Trinajstić information content (AvgIpc) is 2.54. The van der Waals surface area contributed by atoms with Gasteiger partial charge >= 0.3 is 6.09 Å². The first-order chi connectivity index (χ1) is 12.2. The smallest absolute Gasteiger partial charge is 0.407 e. The summed E-state index contributed by atoms with van der Waals surface area (Å²) in [5.74, 6) is -0.203. The molecule has 0 aliphatic rings. The highest BCUT2D eigenvalue weighted by atomic mass is 32.2. The van der Waals surface area contributed by atoms with E-state index in [0.29, 0.717) is 6.42 Å². The van der Waals surface area contributed by atoms with Crippen molar-refractivity contribution in [2.45, 2.75) is 43.7 Å². The third kappa shape index (κ3) is 6.52. The van der Waals surface area contributed by atoms with E-state index in [-0.39, 0.29) is 10.6 Å². The van der Waals surface area contributed by atoms with Crippen molar-refractivity contribution in [3.05, 3.63) is 66.2 Å². The van der Waals surface area contributed by atoms with Crippen LogP contribution in [0.4, 0.5) is 4.79 Å². The average molecular weight is 375 g/mol. The van der Waals surface area contributed by atoms with Gasteiger partial charge in [-0.15, -0.1) is 0 Å². The number of benzene rings is 2. The highest BCUT2D eigenvalue weighted by Gasteiger charge is 2.25. The molecule has 1 N–H and O–H groups in total. The summed E-state index contributed by atoms with van der Waals surface area (Å²) in [7, 11) is -3.54. The Balaban J connectivity index is 2.18. The molecule has 0 aliphatic carbocycles. The van der Waals surface area contributed by atoms with Crippen LogP contribution in [0.2, 0.25) is 0 Å². The fourth-order valence-electron chi connectivity index (χ4n) is 2.51. The molecule has 0 aliphatic heterocycles. The third-order valence-electron chi connectivity index (χ3n) is 3.57. The molecule has 2 rings (SSSR count). The van der Waals surface area contributed by atoms with Crippen molar-refractivity contribution in [3.8, 4) is 0 Å². The largest absolute Gasteiger partial charge is 0.444 e. The van der Waals surface area contributed by atoms with Crippen LogP contribution < -0.4 is 5.32 Å². The van der Waals surface area contributed by atoms with Gasteiger partial charge < -0.3 is 10.1 Å². The van der Waals surface area contributed by atoms with Gasteiger partial charge in [-0.2, -0.15) is 0 Å². The zero-order chi connectivity index (χ0) is 19.2. The highest BCUT2D eigenvalue weighted by molar-refractivity contribution is 7.91. The maximum atomic E-state index is 12.7. The summed E-state index contributed by atoms with van der Waals surface area (Å²) in [6.07, 6.45) is -0.228. The van der Waals surface area contributed by atoms with Crippen LogP contribution in [-0.4, -0.2) is 31.9 Å². The van der Waals surface area contributed by atoms with Gasteiger partial charge in [0.2, 0.25) is 0 Å². The molecule has 140 valence electrons. The number of amides is 1. The summed E-state index contributed by atoms with van der Waals surface area (Å²) in [6, 6.07) is 17.1. The molecule has 0 heterocycles. The lowest BCUT2D eigenvalue weighted by Crippen LogP contribution is -2.43. The molecule has 2 aromatic rings. The molecule has 0 saturated carbocycles. The minimum Gasteiger partial charge on any atom is -0.444 e. The quantitative estimate of drug-likeness (QED) is 0.837. The van der Waals surface area contributed by atoms with Crippen LogP contribution in [0.15, 0.2) is 65.6 Å². The summed E-state index contributed by atoms with van der Waals surface area (Å²) in [5, 5.41) is 2.71. The van der Waals surface area contributed by atoms with Gasteiger partial charge in [0.15, 0.2) is 9.84 Å². The van der Waals surface area contributed by atoms with Crippen LogP contribution >= 0.6 is 0 Å². The lowest BCUT2D eigenvalue weighted by Gasteiger charge is -2.24. The van der Waals surface area contributed by atoms with E-state index in [0.717, 1.165) is 5.56 Å². The van der Waals surface area contributed by atoms with Gasteiger partial charge in [0.1, 0.15) is 5.60 Å². The SMILES string of the molecule is CC(C)(C)OC(=O)N[C@@H](Cc1ccccc1)CS(=O)(=O)c1ccccc1. The van der Waals surface area contributed by atoms with Gasteiger partial charge in [-0.05, 0) is 44.9 Å². The van der Waals surface area contributed by atoms with E-state index in [9.17, 15) is 13.2 Å². The molecule has 0 aromatic heterocycles. The topological polar surface area (TPSA) is 72.5 Å². The maximum absolute atomic E-state index is 12.7. The Morgan fingerprint density at radius 1 is 1.00 bits per heavy atom. The normalized spacial score (nSPS) is 13.0. The Morgan fingerprint density at radius 2 is 1.54 bits per heavy atom. The Hall–Kier alpha value is -2.34. The van der Waals surface area contributed by atoms with Crippen LogP contribution in [0.3, 0.4) is 0 Å². The summed E-state index contributed by atoms with van der Waals surface area (Å²) >= 11 is 0. The molecule has 0 spiro atoms. The van der Waals surface area contributed by atoms with Crippen LogP contribution in [0.1, 0.15) is 26.3 Å². The van der Waals surface area contributed by atoms with Gasteiger partial charge in [0, 0.05) is 0 Å². The lowest BCUT2D eigenvalue weighted by atomic mass is 10.1. The monoisotopic (exact) mass is 375 g/mol. The summed E-state index contributed by atoms with van der Waals surface area (Å²) in [4.78, 5) is 12.4. The lowest BCUT2D eigenvalue weighted by molar-refractivity contribution is 0.0509. The van der Waals surface area contributed by atoms with Gasteiger partial charge in [-0.3, -0.25) is 0 Å². The van der Waals surface area contributed by atoms with Crippen LogP contribution in [0.25, 0.3) is 0 Å². The summed E-state index contributed by atoms with van der Waals surface area (Å²) in [6.45, 7) is 5.29. The fourth-order valence-corrected chi connectivity index (χ4v) is 4.01. The first-order valence-electron chi connectivity index (χ1n) is 8.47. The Bertz CT molecular complexity index is 812. The predicted molar refractivity (Wildman–Crippen MR) is 102 cm³/mol. The molecule has 6 heteroatoms. The van der Waals surface area contributed by atoms with E-state index in [1.54, 1.807) is 51.1 Å². The fraction of sp³-hybridized carbons (Fsp3) is 0.350. The van der Waals surface area contributed by atoms with Crippen molar-refractivity contribution >= 4 is 15.9 Å².